The van der Waals surface area contributed by atoms with Crippen LogP contribution in [-0.4, -0.2) is 31.8 Å². The summed E-state index contributed by atoms with van der Waals surface area (Å²) < 4.78 is 13.7. The maximum atomic E-state index is 10.9. The summed E-state index contributed by atoms with van der Waals surface area (Å²) in [5.41, 5.74) is 0.286. The second-order valence-electron chi connectivity index (χ2n) is 2.83. The number of nitrogens with zero attached hydrogens (tertiary/aromatic N) is 1. The lowest BCUT2D eigenvalue weighted by molar-refractivity contribution is -0.150. The molecule has 0 unspecified atom stereocenters. The Morgan fingerprint density at radius 1 is 1.25 bits per heavy atom. The van der Waals surface area contributed by atoms with Gasteiger partial charge in [-0.1, -0.05) is 6.58 Å². The molecule has 0 bridgehead atoms. The average molecular weight is 227 g/mol. The standard InChI is InChI=1S/C10H13NO5/c1-8(2)10(13)16-6-5-15-9(12)3-4-14-7-11/h1,3-6H2,2H3. The van der Waals surface area contributed by atoms with Gasteiger partial charge in [0.15, 0.2) is 0 Å². The maximum absolute atomic E-state index is 10.9. The molecule has 0 spiro atoms. The number of esters is 2. The van der Waals surface area contributed by atoms with Crippen LogP contribution in [0.1, 0.15) is 13.3 Å². The summed E-state index contributed by atoms with van der Waals surface area (Å²) in [5.74, 6) is -1.04. The van der Waals surface area contributed by atoms with Gasteiger partial charge < -0.3 is 14.2 Å². The van der Waals surface area contributed by atoms with Gasteiger partial charge in [-0.15, -0.1) is 0 Å². The van der Waals surface area contributed by atoms with Crippen LogP contribution in [0.2, 0.25) is 0 Å². The van der Waals surface area contributed by atoms with Gasteiger partial charge in [-0.2, -0.15) is 5.26 Å². The lowest BCUT2D eigenvalue weighted by atomic mass is 10.4. The fraction of sp³-hybridized carbons (Fsp3) is 0.500. The Morgan fingerprint density at radius 2 is 1.88 bits per heavy atom. The molecule has 0 aliphatic heterocycles. The zero-order valence-corrected chi connectivity index (χ0v) is 9.02. The van der Waals surface area contributed by atoms with E-state index in [9.17, 15) is 9.59 Å². The van der Waals surface area contributed by atoms with Crippen LogP contribution < -0.4 is 0 Å². The Balaban J connectivity index is 3.45. The van der Waals surface area contributed by atoms with Crippen LogP contribution in [0.3, 0.4) is 0 Å². The monoisotopic (exact) mass is 227 g/mol. The number of rotatable bonds is 7. The van der Waals surface area contributed by atoms with E-state index in [-0.39, 0.29) is 31.8 Å². The predicted octanol–water partition coefficient (Wildman–Crippen LogP) is 0.537. The van der Waals surface area contributed by atoms with Crippen LogP contribution in [0.15, 0.2) is 12.2 Å². The molecule has 16 heavy (non-hydrogen) atoms. The Labute approximate surface area is 93.4 Å². The van der Waals surface area contributed by atoms with Gasteiger partial charge in [0.05, 0.1) is 6.42 Å². The topological polar surface area (TPSA) is 85.6 Å². The minimum atomic E-state index is -0.524. The van der Waals surface area contributed by atoms with Crippen LogP contribution in [0, 0.1) is 11.5 Å². The van der Waals surface area contributed by atoms with Crippen LogP contribution in [0.4, 0.5) is 0 Å². The second kappa shape index (κ2) is 8.29. The van der Waals surface area contributed by atoms with Crippen molar-refractivity contribution in [3.05, 3.63) is 12.2 Å². The number of carbonyl (C=O) groups is 2. The van der Waals surface area contributed by atoms with Crippen LogP contribution in [0.25, 0.3) is 0 Å². The molecule has 0 N–H and O–H groups in total. The maximum Gasteiger partial charge on any atom is 0.333 e. The zero-order valence-electron chi connectivity index (χ0n) is 9.02. The molecule has 6 heteroatoms. The molecule has 0 amide bonds. The van der Waals surface area contributed by atoms with Crippen molar-refractivity contribution in [3.8, 4) is 6.26 Å². The molecule has 0 aliphatic carbocycles. The summed E-state index contributed by atoms with van der Waals surface area (Å²) in [6.45, 7) is 4.86. The van der Waals surface area contributed by atoms with E-state index in [1.165, 1.54) is 13.2 Å². The molecule has 6 nitrogen and oxygen atoms in total. The second-order valence-corrected chi connectivity index (χ2v) is 2.83. The Hall–Kier alpha value is -2.03. The minimum Gasteiger partial charge on any atom is -0.462 e. The lowest BCUT2D eigenvalue weighted by Crippen LogP contribution is -2.14. The van der Waals surface area contributed by atoms with E-state index < -0.39 is 11.9 Å². The van der Waals surface area contributed by atoms with Gasteiger partial charge in [-0.3, -0.25) is 4.79 Å². The van der Waals surface area contributed by atoms with E-state index in [0.717, 1.165) is 0 Å². The Bertz CT molecular complexity index is 305. The SMILES string of the molecule is C=C(C)C(=O)OCCOC(=O)CCOC#N. The van der Waals surface area contributed by atoms with E-state index >= 15 is 0 Å². The van der Waals surface area contributed by atoms with Crippen molar-refractivity contribution in [2.45, 2.75) is 13.3 Å². The van der Waals surface area contributed by atoms with Gasteiger partial charge in [-0.05, 0) is 6.92 Å². The van der Waals surface area contributed by atoms with E-state index in [1.807, 2.05) is 0 Å². The summed E-state index contributed by atoms with van der Waals surface area (Å²) in [6.07, 6.45) is 1.42. The molecule has 0 heterocycles. The molecule has 0 rings (SSSR count). The third-order valence-corrected chi connectivity index (χ3v) is 1.40. The highest BCUT2D eigenvalue weighted by molar-refractivity contribution is 5.86. The summed E-state index contributed by atoms with van der Waals surface area (Å²) in [4.78, 5) is 21.8. The summed E-state index contributed by atoms with van der Waals surface area (Å²) >= 11 is 0. The van der Waals surface area contributed by atoms with Crippen molar-refractivity contribution >= 4 is 11.9 Å². The van der Waals surface area contributed by atoms with Gasteiger partial charge in [0.2, 0.25) is 0 Å². The first-order chi connectivity index (χ1) is 7.57. The third kappa shape index (κ3) is 7.38. The first-order valence-corrected chi connectivity index (χ1v) is 4.57. The fourth-order valence-corrected chi connectivity index (χ4v) is 0.665. The Kier molecular flexibility index (Phi) is 7.24. The lowest BCUT2D eigenvalue weighted by Gasteiger charge is -2.05. The molecule has 0 aromatic rings. The van der Waals surface area contributed by atoms with E-state index in [1.54, 1.807) is 0 Å². The molecular weight excluding hydrogens is 214 g/mol. The summed E-state index contributed by atoms with van der Waals surface area (Å²) in [6, 6.07) is 0. The van der Waals surface area contributed by atoms with Crippen molar-refractivity contribution < 1.29 is 23.8 Å². The third-order valence-electron chi connectivity index (χ3n) is 1.40. The number of nitriles is 1. The molecule has 0 aromatic heterocycles. The van der Waals surface area contributed by atoms with Gasteiger partial charge in [-0.25, -0.2) is 4.79 Å². The van der Waals surface area contributed by atoms with Crippen LogP contribution >= 0.6 is 0 Å². The van der Waals surface area contributed by atoms with Crippen molar-refractivity contribution in [3.63, 3.8) is 0 Å². The van der Waals surface area contributed by atoms with E-state index in [4.69, 9.17) is 5.26 Å². The van der Waals surface area contributed by atoms with Crippen LogP contribution in [0.5, 0.6) is 0 Å². The summed E-state index contributed by atoms with van der Waals surface area (Å²) in [5, 5.41) is 8.02. The first-order valence-electron chi connectivity index (χ1n) is 4.57. The predicted molar refractivity (Wildman–Crippen MR) is 52.9 cm³/mol. The molecule has 0 radical (unpaired) electrons. The average Bonchev–Trinajstić information content (AvgIpc) is 2.24. The highest BCUT2D eigenvalue weighted by Crippen LogP contribution is 1.93. The zero-order chi connectivity index (χ0) is 12.4. The number of carbonyl (C=O) groups excluding carboxylic acids is 2. The van der Waals surface area contributed by atoms with E-state index in [2.05, 4.69) is 20.8 Å². The van der Waals surface area contributed by atoms with Crippen LogP contribution in [-0.2, 0) is 23.8 Å². The molecule has 0 saturated carbocycles. The van der Waals surface area contributed by atoms with Crippen molar-refractivity contribution in [2.24, 2.45) is 0 Å². The van der Waals surface area contributed by atoms with Crippen molar-refractivity contribution in [2.75, 3.05) is 19.8 Å². The minimum absolute atomic E-state index is 0.0119. The normalized spacial score (nSPS) is 8.75. The highest BCUT2D eigenvalue weighted by atomic mass is 16.6. The Morgan fingerprint density at radius 3 is 2.44 bits per heavy atom. The fourth-order valence-electron chi connectivity index (χ4n) is 0.665. The van der Waals surface area contributed by atoms with Gasteiger partial charge in [0.25, 0.3) is 6.26 Å². The molecule has 88 valence electrons. The van der Waals surface area contributed by atoms with Gasteiger partial charge in [0, 0.05) is 5.57 Å². The largest absolute Gasteiger partial charge is 0.462 e. The smallest absolute Gasteiger partial charge is 0.333 e. The summed E-state index contributed by atoms with van der Waals surface area (Å²) in [7, 11) is 0. The molecular formula is C10H13NO5. The van der Waals surface area contributed by atoms with Crippen molar-refractivity contribution in [1.82, 2.24) is 0 Å². The molecule has 0 saturated heterocycles. The number of hydrogen-bond donors (Lipinski definition) is 0. The van der Waals surface area contributed by atoms with Crippen molar-refractivity contribution in [1.29, 1.82) is 5.26 Å². The number of hydrogen-bond acceptors (Lipinski definition) is 6. The highest BCUT2D eigenvalue weighted by Gasteiger charge is 2.05. The quantitative estimate of drug-likeness (QED) is 0.273. The number of ether oxygens (including phenoxy) is 3. The van der Waals surface area contributed by atoms with E-state index in [0.29, 0.717) is 0 Å². The molecule has 0 atom stereocenters. The molecule has 0 fully saturated rings. The molecule has 0 aromatic carbocycles. The van der Waals surface area contributed by atoms with Gasteiger partial charge >= 0.3 is 11.9 Å². The molecule has 0 aliphatic rings. The first kappa shape index (κ1) is 14.0. The van der Waals surface area contributed by atoms with Gasteiger partial charge in [0.1, 0.15) is 19.8 Å².